The van der Waals surface area contributed by atoms with Gasteiger partial charge in [0.25, 0.3) is 11.6 Å². The van der Waals surface area contributed by atoms with E-state index in [1.54, 1.807) is 0 Å². The van der Waals surface area contributed by atoms with Gasteiger partial charge in [-0.25, -0.2) is 0 Å². The number of amides is 1. The molecule has 6 nitrogen and oxygen atoms in total. The molecule has 0 heterocycles. The minimum Gasteiger partial charge on any atom is -0.399 e. The number of non-ortho nitro benzene ring substituents is 1. The zero-order valence-electron chi connectivity index (χ0n) is 10.5. The first-order valence-corrected chi connectivity index (χ1v) is 6.44. The van der Waals surface area contributed by atoms with Gasteiger partial charge in [0.1, 0.15) is 0 Å². The zero-order chi connectivity index (χ0) is 15.6. The summed E-state index contributed by atoms with van der Waals surface area (Å²) in [4.78, 5) is 22.1. The number of nitrogen functional groups attached to an aromatic ring is 1. The molecule has 108 valence electrons. The van der Waals surface area contributed by atoms with E-state index in [1.807, 2.05) is 0 Å². The number of carbonyl (C=O) groups excluding carboxylic acids is 1. The summed E-state index contributed by atoms with van der Waals surface area (Å²) >= 11 is 11.7. The first-order valence-electron chi connectivity index (χ1n) is 5.68. The molecule has 0 saturated carbocycles. The predicted molar refractivity (Wildman–Crippen MR) is 81.9 cm³/mol. The molecule has 2 aromatic carbocycles. The van der Waals surface area contributed by atoms with Crippen LogP contribution in [0.25, 0.3) is 0 Å². The Bertz CT molecular complexity index is 714. The lowest BCUT2D eigenvalue weighted by Gasteiger charge is -2.08. The van der Waals surface area contributed by atoms with E-state index in [0.29, 0.717) is 10.7 Å². The van der Waals surface area contributed by atoms with Gasteiger partial charge in [-0.3, -0.25) is 14.9 Å². The maximum absolute atomic E-state index is 12.1. The topological polar surface area (TPSA) is 98.3 Å². The summed E-state index contributed by atoms with van der Waals surface area (Å²) in [6.45, 7) is 0. The summed E-state index contributed by atoms with van der Waals surface area (Å²) in [5.41, 5.74) is 6.31. The molecule has 0 atom stereocenters. The van der Waals surface area contributed by atoms with E-state index in [-0.39, 0.29) is 22.0 Å². The number of halogens is 2. The molecule has 0 spiro atoms. The van der Waals surface area contributed by atoms with Gasteiger partial charge in [-0.15, -0.1) is 0 Å². The van der Waals surface area contributed by atoms with E-state index < -0.39 is 10.8 Å². The van der Waals surface area contributed by atoms with Crippen LogP contribution < -0.4 is 11.1 Å². The largest absolute Gasteiger partial charge is 0.399 e. The van der Waals surface area contributed by atoms with Gasteiger partial charge in [0.2, 0.25) is 0 Å². The van der Waals surface area contributed by atoms with Crippen molar-refractivity contribution < 1.29 is 9.72 Å². The number of hydrogen-bond donors (Lipinski definition) is 2. The number of nitro groups is 1. The van der Waals surface area contributed by atoms with Gasteiger partial charge in [0.15, 0.2) is 0 Å². The Kier molecular flexibility index (Phi) is 4.30. The monoisotopic (exact) mass is 325 g/mol. The number of benzene rings is 2. The number of nitrogens with one attached hydrogen (secondary N) is 1. The van der Waals surface area contributed by atoms with Crippen molar-refractivity contribution in [3.8, 4) is 0 Å². The molecule has 21 heavy (non-hydrogen) atoms. The average molecular weight is 326 g/mol. The molecule has 0 aliphatic carbocycles. The molecule has 2 rings (SSSR count). The Morgan fingerprint density at radius 3 is 2.48 bits per heavy atom. The molecule has 0 radical (unpaired) electrons. The van der Waals surface area contributed by atoms with Gasteiger partial charge in [-0.1, -0.05) is 23.2 Å². The minimum atomic E-state index is -0.574. The SMILES string of the molecule is Nc1cc(Cl)cc(C(=O)Nc2ccc([N+](=O)[O-])cc2Cl)c1. The van der Waals surface area contributed by atoms with Gasteiger partial charge in [-0.05, 0) is 24.3 Å². The van der Waals surface area contributed by atoms with E-state index >= 15 is 0 Å². The highest BCUT2D eigenvalue weighted by atomic mass is 35.5. The van der Waals surface area contributed by atoms with Crippen LogP contribution in [0.15, 0.2) is 36.4 Å². The standard InChI is InChI=1S/C13H9Cl2N3O3/c14-8-3-7(4-9(16)5-8)13(19)17-12-2-1-10(18(20)21)6-11(12)15/h1-6H,16H2,(H,17,19). The lowest BCUT2D eigenvalue weighted by molar-refractivity contribution is -0.384. The maximum atomic E-state index is 12.1. The van der Waals surface area contributed by atoms with Crippen molar-refractivity contribution in [1.82, 2.24) is 0 Å². The summed E-state index contributed by atoms with van der Waals surface area (Å²) in [5.74, 6) is -0.472. The zero-order valence-corrected chi connectivity index (χ0v) is 12.0. The number of nitrogens with two attached hydrogens (primary N) is 1. The van der Waals surface area contributed by atoms with Crippen LogP contribution in [0.5, 0.6) is 0 Å². The molecule has 0 bridgehead atoms. The second kappa shape index (κ2) is 5.99. The number of nitro benzene ring substituents is 1. The Morgan fingerprint density at radius 2 is 1.90 bits per heavy atom. The van der Waals surface area contributed by atoms with Crippen LogP contribution in [0, 0.1) is 10.1 Å². The number of hydrogen-bond acceptors (Lipinski definition) is 4. The van der Waals surface area contributed by atoms with Gasteiger partial charge in [0, 0.05) is 28.4 Å². The second-order valence-corrected chi connectivity index (χ2v) is 4.99. The number of anilines is 2. The summed E-state index contributed by atoms with van der Waals surface area (Å²) in [6.07, 6.45) is 0. The number of nitrogens with zero attached hydrogens (tertiary/aromatic N) is 1. The molecule has 8 heteroatoms. The smallest absolute Gasteiger partial charge is 0.271 e. The highest BCUT2D eigenvalue weighted by Crippen LogP contribution is 2.27. The molecule has 0 aliphatic heterocycles. The summed E-state index contributed by atoms with van der Waals surface area (Å²) in [6, 6.07) is 8.17. The Labute approximate surface area is 129 Å². The molecule has 0 unspecified atom stereocenters. The molecule has 3 N–H and O–H groups in total. The van der Waals surface area contributed by atoms with Gasteiger partial charge >= 0.3 is 0 Å². The first kappa shape index (κ1) is 15.1. The summed E-state index contributed by atoms with van der Waals surface area (Å²) < 4.78 is 0. The number of rotatable bonds is 3. The summed E-state index contributed by atoms with van der Waals surface area (Å²) in [5, 5.41) is 13.5. The molecule has 2 aromatic rings. The lowest BCUT2D eigenvalue weighted by atomic mass is 10.2. The van der Waals surface area contributed by atoms with E-state index in [2.05, 4.69) is 5.32 Å². The van der Waals surface area contributed by atoms with Gasteiger partial charge in [-0.2, -0.15) is 0 Å². The lowest BCUT2D eigenvalue weighted by Crippen LogP contribution is -2.12. The van der Waals surface area contributed by atoms with E-state index in [0.717, 1.165) is 6.07 Å². The quantitative estimate of drug-likeness (QED) is 0.510. The third kappa shape index (κ3) is 3.62. The van der Waals surface area contributed by atoms with Crippen molar-refractivity contribution in [3.63, 3.8) is 0 Å². The van der Waals surface area contributed by atoms with E-state index in [4.69, 9.17) is 28.9 Å². The van der Waals surface area contributed by atoms with Crippen LogP contribution in [-0.2, 0) is 0 Å². The molecular weight excluding hydrogens is 317 g/mol. The van der Waals surface area contributed by atoms with E-state index in [1.165, 1.54) is 30.3 Å². The van der Waals surface area contributed by atoms with Gasteiger partial charge in [0.05, 0.1) is 15.6 Å². The predicted octanol–water partition coefficient (Wildman–Crippen LogP) is 3.74. The van der Waals surface area contributed by atoms with Crippen LogP contribution in [0.1, 0.15) is 10.4 Å². The van der Waals surface area contributed by atoms with Crippen LogP contribution in [0.2, 0.25) is 10.0 Å². The van der Waals surface area contributed by atoms with E-state index in [9.17, 15) is 14.9 Å². The molecule has 0 aliphatic rings. The van der Waals surface area contributed by atoms with Crippen LogP contribution >= 0.6 is 23.2 Å². The Balaban J connectivity index is 2.25. The third-order valence-corrected chi connectivity index (χ3v) is 3.12. The molecule has 0 aromatic heterocycles. The summed E-state index contributed by atoms with van der Waals surface area (Å²) in [7, 11) is 0. The van der Waals surface area contributed by atoms with Crippen molar-refractivity contribution in [1.29, 1.82) is 0 Å². The third-order valence-electron chi connectivity index (χ3n) is 2.59. The van der Waals surface area contributed by atoms with Crippen molar-refractivity contribution in [3.05, 3.63) is 62.1 Å². The fourth-order valence-electron chi connectivity index (χ4n) is 1.66. The highest BCUT2D eigenvalue weighted by Gasteiger charge is 2.13. The van der Waals surface area contributed by atoms with Crippen LogP contribution in [0.4, 0.5) is 17.1 Å². The fraction of sp³-hybridized carbons (Fsp3) is 0. The second-order valence-electron chi connectivity index (χ2n) is 4.15. The fourth-order valence-corrected chi connectivity index (χ4v) is 2.12. The van der Waals surface area contributed by atoms with Crippen molar-refractivity contribution >= 4 is 46.2 Å². The molecule has 1 amide bonds. The average Bonchev–Trinajstić information content (AvgIpc) is 2.39. The van der Waals surface area contributed by atoms with Crippen molar-refractivity contribution in [2.75, 3.05) is 11.1 Å². The molecule has 0 saturated heterocycles. The first-order chi connectivity index (χ1) is 9.86. The Hall–Kier alpha value is -2.31. The highest BCUT2D eigenvalue weighted by molar-refractivity contribution is 6.34. The normalized spacial score (nSPS) is 10.2. The molecular formula is C13H9Cl2N3O3. The van der Waals surface area contributed by atoms with Crippen molar-refractivity contribution in [2.24, 2.45) is 0 Å². The Morgan fingerprint density at radius 1 is 1.19 bits per heavy atom. The van der Waals surface area contributed by atoms with Crippen LogP contribution in [-0.4, -0.2) is 10.8 Å². The maximum Gasteiger partial charge on any atom is 0.271 e. The van der Waals surface area contributed by atoms with Crippen molar-refractivity contribution in [2.45, 2.75) is 0 Å². The molecule has 0 fully saturated rings. The number of carbonyl (C=O) groups is 1. The van der Waals surface area contributed by atoms with Gasteiger partial charge < -0.3 is 11.1 Å². The van der Waals surface area contributed by atoms with Crippen LogP contribution in [0.3, 0.4) is 0 Å². The minimum absolute atomic E-state index is 0.0625.